The Hall–Kier alpha value is -1.66. The number of hydrogen-bond acceptors (Lipinski definition) is 5. The van der Waals surface area contributed by atoms with E-state index in [0.717, 1.165) is 38.0 Å². The molecular weight excluding hydrogens is 256 g/mol. The van der Waals surface area contributed by atoms with Gasteiger partial charge in [-0.25, -0.2) is 0 Å². The monoisotopic (exact) mass is 276 g/mol. The second kappa shape index (κ2) is 5.38. The summed E-state index contributed by atoms with van der Waals surface area (Å²) in [5.41, 5.74) is 7.15. The largest absolute Gasteiger partial charge is 0.409 e. The van der Waals surface area contributed by atoms with Crippen LogP contribution in [0, 0.1) is 11.8 Å². The van der Waals surface area contributed by atoms with Gasteiger partial charge in [0, 0.05) is 31.7 Å². The van der Waals surface area contributed by atoms with Crippen molar-refractivity contribution in [3.05, 3.63) is 29.6 Å². The van der Waals surface area contributed by atoms with Gasteiger partial charge in [0.15, 0.2) is 5.84 Å². The molecule has 6 nitrogen and oxygen atoms in total. The molecule has 108 valence electrons. The molecule has 1 aliphatic heterocycles. The average Bonchev–Trinajstić information content (AvgIpc) is 3.01. The van der Waals surface area contributed by atoms with E-state index >= 15 is 0 Å². The molecule has 4 N–H and O–H groups in total. The van der Waals surface area contributed by atoms with Crippen LogP contribution in [0.3, 0.4) is 0 Å². The molecule has 3 rings (SSSR count). The minimum atomic E-state index is -0.151. The first-order chi connectivity index (χ1) is 9.69. The first-order valence-corrected chi connectivity index (χ1v) is 7.01. The third-order valence-corrected chi connectivity index (χ3v) is 4.53. The van der Waals surface area contributed by atoms with Crippen LogP contribution in [0.5, 0.6) is 0 Å². The first kappa shape index (κ1) is 13.3. The van der Waals surface area contributed by atoms with E-state index in [-0.39, 0.29) is 11.9 Å². The van der Waals surface area contributed by atoms with Crippen LogP contribution in [-0.2, 0) is 6.54 Å². The van der Waals surface area contributed by atoms with Crippen LogP contribution in [0.2, 0.25) is 0 Å². The first-order valence-electron chi connectivity index (χ1n) is 7.01. The molecule has 1 aromatic rings. The number of rotatable bonds is 3. The number of aliphatic hydroxyl groups is 1. The van der Waals surface area contributed by atoms with E-state index in [2.05, 4.69) is 15.0 Å². The minimum Gasteiger partial charge on any atom is -0.409 e. The number of aromatic nitrogens is 1. The average molecular weight is 276 g/mol. The SMILES string of the molecule is N/C(=N/O)c1ncccc1CN1CC2CCC(O)C2C1. The van der Waals surface area contributed by atoms with E-state index in [1.54, 1.807) is 6.20 Å². The topological polar surface area (TPSA) is 95.0 Å². The molecule has 2 aliphatic rings. The van der Waals surface area contributed by atoms with Crippen LogP contribution < -0.4 is 5.73 Å². The van der Waals surface area contributed by atoms with Gasteiger partial charge in [-0.2, -0.15) is 0 Å². The van der Waals surface area contributed by atoms with Crippen LogP contribution >= 0.6 is 0 Å². The highest BCUT2D eigenvalue weighted by atomic mass is 16.4. The number of likely N-dealkylation sites (tertiary alicyclic amines) is 1. The number of fused-ring (bicyclic) bond motifs is 1. The summed E-state index contributed by atoms with van der Waals surface area (Å²) in [5.74, 6) is 1.05. The summed E-state index contributed by atoms with van der Waals surface area (Å²) in [6.07, 6.45) is 3.54. The quantitative estimate of drug-likeness (QED) is 0.321. The lowest BCUT2D eigenvalue weighted by Gasteiger charge is -2.19. The Morgan fingerprint density at radius 2 is 2.30 bits per heavy atom. The lowest BCUT2D eigenvalue weighted by molar-refractivity contribution is 0.123. The molecule has 1 saturated carbocycles. The maximum atomic E-state index is 9.95. The maximum absolute atomic E-state index is 9.95. The molecule has 0 spiro atoms. The number of amidine groups is 1. The van der Waals surface area contributed by atoms with Gasteiger partial charge in [-0.3, -0.25) is 9.88 Å². The Kier molecular flexibility index (Phi) is 3.58. The standard InChI is InChI=1S/C14H20N4O2/c15-14(17-20)13-10(2-1-5-16-13)7-18-6-9-3-4-12(19)11(9)8-18/h1-2,5,9,11-12,19-20H,3-4,6-8H2,(H2,15,17). The molecule has 0 amide bonds. The predicted molar refractivity (Wildman–Crippen MR) is 74.2 cm³/mol. The number of aliphatic hydroxyl groups excluding tert-OH is 1. The van der Waals surface area contributed by atoms with Gasteiger partial charge in [-0.05, 0) is 30.4 Å². The van der Waals surface area contributed by atoms with Gasteiger partial charge in [-0.1, -0.05) is 11.2 Å². The van der Waals surface area contributed by atoms with Crippen LogP contribution in [0.1, 0.15) is 24.1 Å². The van der Waals surface area contributed by atoms with Gasteiger partial charge in [0.25, 0.3) is 0 Å². The van der Waals surface area contributed by atoms with Gasteiger partial charge < -0.3 is 16.0 Å². The van der Waals surface area contributed by atoms with Crippen molar-refractivity contribution in [3.8, 4) is 0 Å². The fourth-order valence-electron chi connectivity index (χ4n) is 3.54. The summed E-state index contributed by atoms with van der Waals surface area (Å²) in [6.45, 7) is 2.64. The summed E-state index contributed by atoms with van der Waals surface area (Å²) in [6, 6.07) is 3.81. The molecule has 2 heterocycles. The highest BCUT2D eigenvalue weighted by Gasteiger charge is 2.41. The molecule has 20 heavy (non-hydrogen) atoms. The molecule has 3 unspecified atom stereocenters. The summed E-state index contributed by atoms with van der Waals surface area (Å²) in [5, 5.41) is 21.8. The Labute approximate surface area is 117 Å². The number of nitrogens with two attached hydrogens (primary N) is 1. The summed E-state index contributed by atoms with van der Waals surface area (Å²) in [4.78, 5) is 6.51. The Bertz CT molecular complexity index is 520. The molecule has 3 atom stereocenters. The van der Waals surface area contributed by atoms with Gasteiger partial charge in [0.05, 0.1) is 6.10 Å². The van der Waals surface area contributed by atoms with Crippen molar-refractivity contribution in [1.29, 1.82) is 0 Å². The zero-order chi connectivity index (χ0) is 14.1. The summed E-state index contributed by atoms with van der Waals surface area (Å²) in [7, 11) is 0. The third-order valence-electron chi connectivity index (χ3n) is 4.53. The van der Waals surface area contributed by atoms with Crippen molar-refractivity contribution in [3.63, 3.8) is 0 Å². The molecule has 1 saturated heterocycles. The fourth-order valence-corrected chi connectivity index (χ4v) is 3.54. The Morgan fingerprint density at radius 3 is 3.05 bits per heavy atom. The van der Waals surface area contributed by atoms with Gasteiger partial charge in [0.1, 0.15) is 5.69 Å². The molecule has 0 aromatic carbocycles. The fraction of sp³-hybridized carbons (Fsp3) is 0.571. The van der Waals surface area contributed by atoms with E-state index in [1.807, 2.05) is 12.1 Å². The summed E-state index contributed by atoms with van der Waals surface area (Å²) < 4.78 is 0. The predicted octanol–water partition coefficient (Wildman–Crippen LogP) is 0.379. The van der Waals surface area contributed by atoms with Gasteiger partial charge in [0.2, 0.25) is 0 Å². The smallest absolute Gasteiger partial charge is 0.189 e. The van der Waals surface area contributed by atoms with Gasteiger partial charge >= 0.3 is 0 Å². The van der Waals surface area contributed by atoms with Crippen LogP contribution in [0.15, 0.2) is 23.5 Å². The van der Waals surface area contributed by atoms with Crippen LogP contribution in [0.25, 0.3) is 0 Å². The number of oxime groups is 1. The molecular formula is C14H20N4O2. The molecule has 0 bridgehead atoms. The second-order valence-electron chi connectivity index (χ2n) is 5.76. The molecule has 6 heteroatoms. The van der Waals surface area contributed by atoms with Crippen molar-refractivity contribution in [2.45, 2.75) is 25.5 Å². The zero-order valence-corrected chi connectivity index (χ0v) is 11.3. The van der Waals surface area contributed by atoms with Crippen LogP contribution in [0.4, 0.5) is 0 Å². The van der Waals surface area contributed by atoms with Crippen molar-refractivity contribution in [2.75, 3.05) is 13.1 Å². The van der Waals surface area contributed by atoms with E-state index in [4.69, 9.17) is 10.9 Å². The van der Waals surface area contributed by atoms with E-state index < -0.39 is 0 Å². The van der Waals surface area contributed by atoms with Gasteiger partial charge in [-0.15, -0.1) is 0 Å². The number of pyridine rings is 1. The molecule has 2 fully saturated rings. The second-order valence-corrected chi connectivity index (χ2v) is 5.76. The Balaban J connectivity index is 1.73. The van der Waals surface area contributed by atoms with Crippen molar-refractivity contribution in [2.24, 2.45) is 22.7 Å². The number of hydrogen-bond donors (Lipinski definition) is 3. The lowest BCUT2D eigenvalue weighted by Crippen LogP contribution is -2.26. The Morgan fingerprint density at radius 1 is 1.45 bits per heavy atom. The zero-order valence-electron chi connectivity index (χ0n) is 11.3. The van der Waals surface area contributed by atoms with E-state index in [1.165, 1.54) is 0 Å². The molecule has 1 aromatic heterocycles. The minimum absolute atomic E-state index is 0.0417. The lowest BCUT2D eigenvalue weighted by atomic mass is 10.00. The highest BCUT2D eigenvalue weighted by Crippen LogP contribution is 2.38. The van der Waals surface area contributed by atoms with E-state index in [9.17, 15) is 5.11 Å². The number of nitrogens with zero attached hydrogens (tertiary/aromatic N) is 3. The van der Waals surface area contributed by atoms with Crippen molar-refractivity contribution >= 4 is 5.84 Å². The molecule has 0 radical (unpaired) electrons. The summed E-state index contributed by atoms with van der Waals surface area (Å²) >= 11 is 0. The normalized spacial score (nSPS) is 30.6. The molecule has 1 aliphatic carbocycles. The van der Waals surface area contributed by atoms with Crippen molar-refractivity contribution < 1.29 is 10.3 Å². The highest BCUT2D eigenvalue weighted by molar-refractivity contribution is 5.96. The van der Waals surface area contributed by atoms with Crippen LogP contribution in [-0.4, -0.2) is 45.2 Å². The maximum Gasteiger partial charge on any atom is 0.189 e. The third kappa shape index (κ3) is 2.36. The van der Waals surface area contributed by atoms with E-state index in [0.29, 0.717) is 17.5 Å². The van der Waals surface area contributed by atoms with Crippen molar-refractivity contribution in [1.82, 2.24) is 9.88 Å².